The molecule has 1 aromatic carbocycles. The van der Waals surface area contributed by atoms with E-state index in [2.05, 4.69) is 0 Å². The highest BCUT2D eigenvalue weighted by Gasteiger charge is 2.30. The molecule has 0 radical (unpaired) electrons. The smallest absolute Gasteiger partial charge is 0.309 e. The van der Waals surface area contributed by atoms with Gasteiger partial charge in [0.05, 0.1) is 28.1 Å². The Morgan fingerprint density at radius 2 is 1.81 bits per heavy atom. The van der Waals surface area contributed by atoms with Gasteiger partial charge in [0.15, 0.2) is 0 Å². The van der Waals surface area contributed by atoms with E-state index < -0.39 is 0 Å². The highest BCUT2D eigenvalue weighted by molar-refractivity contribution is 6.39. The van der Waals surface area contributed by atoms with Crippen LogP contribution in [0.25, 0.3) is 0 Å². The van der Waals surface area contributed by atoms with Gasteiger partial charge in [-0.15, -0.1) is 0 Å². The van der Waals surface area contributed by atoms with Crippen LogP contribution < -0.4 is 0 Å². The maximum Gasteiger partial charge on any atom is 0.309 e. The van der Waals surface area contributed by atoms with Gasteiger partial charge in [0, 0.05) is 13.1 Å². The predicted molar refractivity (Wildman–Crippen MR) is 81.7 cm³/mol. The molecule has 0 atom stereocenters. The first-order chi connectivity index (χ1) is 10.0. The first kappa shape index (κ1) is 16.1. The van der Waals surface area contributed by atoms with Crippen LogP contribution in [0.5, 0.6) is 0 Å². The molecule has 1 fully saturated rings. The van der Waals surface area contributed by atoms with Crippen molar-refractivity contribution in [3.63, 3.8) is 0 Å². The van der Waals surface area contributed by atoms with Gasteiger partial charge in [-0.05, 0) is 31.9 Å². The van der Waals surface area contributed by atoms with Crippen LogP contribution in [0, 0.1) is 5.92 Å². The third-order valence-corrected chi connectivity index (χ3v) is 4.21. The second kappa shape index (κ2) is 7.14. The van der Waals surface area contributed by atoms with Crippen LogP contribution in [0.2, 0.25) is 10.0 Å². The van der Waals surface area contributed by atoms with Crippen LogP contribution in [0.4, 0.5) is 0 Å². The van der Waals surface area contributed by atoms with Crippen molar-refractivity contribution in [1.29, 1.82) is 0 Å². The molecular formula is C15H17Cl2NO3. The number of carbonyl (C=O) groups is 2. The molecule has 114 valence electrons. The molecule has 0 aliphatic carbocycles. The number of hydrogen-bond donors (Lipinski definition) is 0. The Balaban J connectivity index is 2.02. The van der Waals surface area contributed by atoms with Crippen LogP contribution in [0.15, 0.2) is 18.2 Å². The minimum atomic E-state index is -0.187. The lowest BCUT2D eigenvalue weighted by Crippen LogP contribution is -2.40. The first-order valence-electron chi connectivity index (χ1n) is 6.94. The maximum atomic E-state index is 12.5. The number of hydrogen-bond acceptors (Lipinski definition) is 3. The predicted octanol–water partition coefficient (Wildman–Crippen LogP) is 3.41. The van der Waals surface area contributed by atoms with Crippen LogP contribution in [-0.4, -0.2) is 36.5 Å². The van der Waals surface area contributed by atoms with E-state index in [1.165, 1.54) is 0 Å². The summed E-state index contributed by atoms with van der Waals surface area (Å²) in [5, 5.41) is 0.694. The Labute approximate surface area is 134 Å². The molecule has 1 aromatic rings. The third-order valence-electron chi connectivity index (χ3n) is 3.58. The molecule has 1 saturated heterocycles. The van der Waals surface area contributed by atoms with Crippen molar-refractivity contribution in [3.8, 4) is 0 Å². The molecule has 0 saturated carbocycles. The Hall–Kier alpha value is -1.26. The monoisotopic (exact) mass is 329 g/mol. The van der Waals surface area contributed by atoms with E-state index in [4.69, 9.17) is 27.9 Å². The van der Waals surface area contributed by atoms with E-state index in [-0.39, 0.29) is 17.8 Å². The molecule has 1 heterocycles. The summed E-state index contributed by atoms with van der Waals surface area (Å²) < 4.78 is 5.02. The number of amides is 1. The molecule has 0 bridgehead atoms. The van der Waals surface area contributed by atoms with E-state index in [1.807, 2.05) is 0 Å². The van der Waals surface area contributed by atoms with Gasteiger partial charge in [0.25, 0.3) is 5.91 Å². The summed E-state index contributed by atoms with van der Waals surface area (Å²) in [7, 11) is 0. The van der Waals surface area contributed by atoms with Crippen molar-refractivity contribution in [3.05, 3.63) is 33.8 Å². The Morgan fingerprint density at radius 3 is 2.33 bits per heavy atom. The van der Waals surface area contributed by atoms with Crippen molar-refractivity contribution in [2.24, 2.45) is 5.92 Å². The zero-order chi connectivity index (χ0) is 15.4. The van der Waals surface area contributed by atoms with E-state index >= 15 is 0 Å². The van der Waals surface area contributed by atoms with Crippen molar-refractivity contribution < 1.29 is 14.3 Å². The Morgan fingerprint density at radius 1 is 1.24 bits per heavy atom. The minimum Gasteiger partial charge on any atom is -0.466 e. The maximum absolute atomic E-state index is 12.5. The van der Waals surface area contributed by atoms with Crippen LogP contribution in [0.1, 0.15) is 30.1 Å². The number of esters is 1. The van der Waals surface area contributed by atoms with Gasteiger partial charge in [0.2, 0.25) is 0 Å². The molecule has 21 heavy (non-hydrogen) atoms. The molecule has 0 N–H and O–H groups in total. The molecule has 2 rings (SSSR count). The highest BCUT2D eigenvalue weighted by atomic mass is 35.5. The SMILES string of the molecule is CCOC(=O)C1CCN(C(=O)c2c(Cl)cccc2Cl)CC1. The first-order valence-corrected chi connectivity index (χ1v) is 7.70. The van der Waals surface area contributed by atoms with Crippen LogP contribution in [0.3, 0.4) is 0 Å². The second-order valence-corrected chi connectivity index (χ2v) is 5.73. The fraction of sp³-hybridized carbons (Fsp3) is 0.467. The zero-order valence-corrected chi connectivity index (χ0v) is 13.3. The number of carbonyl (C=O) groups excluding carboxylic acids is 2. The third kappa shape index (κ3) is 3.69. The van der Waals surface area contributed by atoms with E-state index in [0.717, 1.165) is 0 Å². The molecule has 0 spiro atoms. The summed E-state index contributed by atoms with van der Waals surface area (Å²) >= 11 is 12.1. The molecule has 0 unspecified atom stereocenters. The standard InChI is InChI=1S/C15H17Cl2NO3/c1-2-21-15(20)10-6-8-18(9-7-10)14(19)13-11(16)4-3-5-12(13)17/h3-5,10H,2,6-9H2,1H3. The normalized spacial score (nSPS) is 15.9. The van der Waals surface area contributed by atoms with Gasteiger partial charge < -0.3 is 9.64 Å². The molecule has 6 heteroatoms. The fourth-order valence-electron chi connectivity index (χ4n) is 2.44. The van der Waals surface area contributed by atoms with Gasteiger partial charge in [-0.25, -0.2) is 0 Å². The lowest BCUT2D eigenvalue weighted by atomic mass is 9.96. The molecule has 0 aromatic heterocycles. The van der Waals surface area contributed by atoms with Gasteiger partial charge >= 0.3 is 5.97 Å². The lowest BCUT2D eigenvalue weighted by molar-refractivity contribution is -0.149. The van der Waals surface area contributed by atoms with Gasteiger partial charge in [-0.3, -0.25) is 9.59 Å². The summed E-state index contributed by atoms with van der Waals surface area (Å²) in [5.74, 6) is -0.496. The molecule has 1 aliphatic rings. The van der Waals surface area contributed by atoms with Gasteiger partial charge in [-0.1, -0.05) is 29.3 Å². The van der Waals surface area contributed by atoms with E-state index in [1.54, 1.807) is 30.0 Å². The number of halogens is 2. The number of rotatable bonds is 3. The quantitative estimate of drug-likeness (QED) is 0.798. The van der Waals surface area contributed by atoms with Crippen LogP contribution >= 0.6 is 23.2 Å². The number of ether oxygens (including phenoxy) is 1. The van der Waals surface area contributed by atoms with Crippen molar-refractivity contribution in [1.82, 2.24) is 4.90 Å². The molecule has 1 aliphatic heterocycles. The van der Waals surface area contributed by atoms with E-state index in [9.17, 15) is 9.59 Å². The highest BCUT2D eigenvalue weighted by Crippen LogP contribution is 2.28. The Bertz CT molecular complexity index is 519. The summed E-state index contributed by atoms with van der Waals surface area (Å²) in [4.78, 5) is 25.9. The summed E-state index contributed by atoms with van der Waals surface area (Å²) in [5.41, 5.74) is 0.329. The minimum absolute atomic E-state index is 0.129. The number of piperidine rings is 1. The summed E-state index contributed by atoms with van der Waals surface area (Å²) in [6.07, 6.45) is 1.21. The Kier molecular flexibility index (Phi) is 5.48. The summed E-state index contributed by atoms with van der Waals surface area (Å²) in [6, 6.07) is 4.99. The van der Waals surface area contributed by atoms with Crippen LogP contribution in [-0.2, 0) is 9.53 Å². The average molecular weight is 330 g/mol. The topological polar surface area (TPSA) is 46.6 Å². The summed E-state index contributed by atoms with van der Waals surface area (Å²) in [6.45, 7) is 3.18. The van der Waals surface area contributed by atoms with E-state index in [0.29, 0.717) is 48.1 Å². The van der Waals surface area contributed by atoms with Gasteiger partial charge in [-0.2, -0.15) is 0 Å². The fourth-order valence-corrected chi connectivity index (χ4v) is 3.00. The second-order valence-electron chi connectivity index (χ2n) is 4.92. The largest absolute Gasteiger partial charge is 0.466 e. The number of nitrogens with zero attached hydrogens (tertiary/aromatic N) is 1. The zero-order valence-electron chi connectivity index (χ0n) is 11.8. The molecule has 4 nitrogen and oxygen atoms in total. The van der Waals surface area contributed by atoms with Crippen molar-refractivity contribution in [2.75, 3.05) is 19.7 Å². The average Bonchev–Trinajstić information content (AvgIpc) is 2.47. The molecule has 1 amide bonds. The van der Waals surface area contributed by atoms with Gasteiger partial charge in [0.1, 0.15) is 0 Å². The van der Waals surface area contributed by atoms with Crippen molar-refractivity contribution in [2.45, 2.75) is 19.8 Å². The molecular weight excluding hydrogens is 313 g/mol. The number of likely N-dealkylation sites (tertiary alicyclic amines) is 1. The lowest BCUT2D eigenvalue weighted by Gasteiger charge is -2.31. The van der Waals surface area contributed by atoms with Crippen molar-refractivity contribution >= 4 is 35.1 Å². The number of benzene rings is 1.